The van der Waals surface area contributed by atoms with Crippen LogP contribution >= 0.6 is 24.0 Å². The minimum absolute atomic E-state index is 0.721. The van der Waals surface area contributed by atoms with Gasteiger partial charge in [-0.2, -0.15) is 0 Å². The molecule has 0 bridgehead atoms. The van der Waals surface area contributed by atoms with E-state index in [1.54, 1.807) is 17.8 Å². The van der Waals surface area contributed by atoms with Gasteiger partial charge in [0.2, 0.25) is 0 Å². The third kappa shape index (κ3) is 4.10. The fourth-order valence-corrected chi connectivity index (χ4v) is 1.82. The molecule has 1 aromatic carbocycles. The Morgan fingerprint density at radius 3 is 2.77 bits per heavy atom. The molecule has 0 aliphatic carbocycles. The number of rotatable bonds is 3. The first-order valence-corrected chi connectivity index (χ1v) is 5.17. The van der Waals surface area contributed by atoms with Crippen LogP contribution in [-0.4, -0.2) is 10.9 Å². The van der Waals surface area contributed by atoms with Crippen LogP contribution < -0.4 is 5.32 Å². The van der Waals surface area contributed by atoms with E-state index in [4.69, 9.17) is 12.2 Å². The smallest absolute Gasteiger partial charge is 0.138 e. The van der Waals surface area contributed by atoms with Crippen molar-refractivity contribution in [3.63, 3.8) is 0 Å². The van der Waals surface area contributed by atoms with Crippen molar-refractivity contribution in [1.29, 1.82) is 0 Å². The van der Waals surface area contributed by atoms with Gasteiger partial charge in [0.1, 0.15) is 4.32 Å². The highest BCUT2D eigenvalue weighted by molar-refractivity contribution is 8.23. The maximum absolute atomic E-state index is 5.11. The zero-order valence-electron chi connectivity index (χ0n) is 7.19. The molecule has 1 aromatic rings. The maximum atomic E-state index is 5.11. The van der Waals surface area contributed by atoms with Gasteiger partial charge in [0, 0.05) is 11.4 Å². The molecule has 0 atom stereocenters. The van der Waals surface area contributed by atoms with Crippen LogP contribution in [0.1, 0.15) is 0 Å². The van der Waals surface area contributed by atoms with E-state index in [0.717, 1.165) is 15.8 Å². The summed E-state index contributed by atoms with van der Waals surface area (Å²) in [6, 6.07) is 10.1. The van der Waals surface area contributed by atoms with Crippen LogP contribution in [0.3, 0.4) is 0 Å². The Hall–Kier alpha value is -0.800. The van der Waals surface area contributed by atoms with Gasteiger partial charge < -0.3 is 5.32 Å². The standard InChI is InChI=1S/C10H11NS2/c1-2-8-11-10(12)13-9-6-4-3-5-7-9/h2-7H,1,8H2,(H,11,12). The molecule has 0 radical (unpaired) electrons. The van der Waals surface area contributed by atoms with Gasteiger partial charge in [0.15, 0.2) is 0 Å². The predicted molar refractivity (Wildman–Crippen MR) is 63.1 cm³/mol. The predicted octanol–water partition coefficient (Wildman–Crippen LogP) is 2.84. The van der Waals surface area contributed by atoms with Crippen LogP contribution in [0.15, 0.2) is 47.9 Å². The molecule has 0 saturated carbocycles. The molecule has 0 spiro atoms. The Morgan fingerprint density at radius 2 is 2.15 bits per heavy atom. The first kappa shape index (κ1) is 10.3. The molecule has 0 amide bonds. The summed E-state index contributed by atoms with van der Waals surface area (Å²) in [6.45, 7) is 4.33. The molecule has 0 aromatic heterocycles. The Kier molecular flexibility index (Phi) is 4.57. The van der Waals surface area contributed by atoms with E-state index in [-0.39, 0.29) is 0 Å². The highest BCUT2D eigenvalue weighted by Gasteiger charge is 1.96. The summed E-state index contributed by atoms with van der Waals surface area (Å²) in [5.41, 5.74) is 0. The third-order valence-corrected chi connectivity index (χ3v) is 2.58. The van der Waals surface area contributed by atoms with Crippen LogP contribution in [0, 0.1) is 0 Å². The summed E-state index contributed by atoms with van der Waals surface area (Å²) in [5, 5.41) is 3.06. The molecule has 0 heterocycles. The van der Waals surface area contributed by atoms with Crippen LogP contribution in [-0.2, 0) is 0 Å². The molecule has 3 heteroatoms. The zero-order chi connectivity index (χ0) is 9.52. The number of thiocarbonyl (C=S) groups is 1. The Bertz CT molecular complexity index is 282. The number of nitrogens with one attached hydrogen (secondary N) is 1. The lowest BCUT2D eigenvalue weighted by Crippen LogP contribution is -2.17. The summed E-state index contributed by atoms with van der Waals surface area (Å²) in [6.07, 6.45) is 1.79. The Morgan fingerprint density at radius 1 is 1.46 bits per heavy atom. The minimum atomic E-state index is 0.721. The molecule has 0 aliphatic heterocycles. The van der Waals surface area contributed by atoms with Crippen molar-refractivity contribution < 1.29 is 0 Å². The SMILES string of the molecule is C=CCNC(=S)Sc1ccccc1. The molecule has 0 fully saturated rings. The number of benzene rings is 1. The van der Waals surface area contributed by atoms with E-state index >= 15 is 0 Å². The van der Waals surface area contributed by atoms with Crippen molar-refractivity contribution in [2.24, 2.45) is 0 Å². The first-order chi connectivity index (χ1) is 6.33. The van der Waals surface area contributed by atoms with E-state index in [1.165, 1.54) is 0 Å². The molecule has 0 saturated heterocycles. The van der Waals surface area contributed by atoms with Crippen LogP contribution in [0.4, 0.5) is 0 Å². The molecular formula is C10H11NS2. The highest BCUT2D eigenvalue weighted by atomic mass is 32.2. The van der Waals surface area contributed by atoms with E-state index in [0.29, 0.717) is 0 Å². The van der Waals surface area contributed by atoms with Crippen molar-refractivity contribution >= 4 is 28.3 Å². The topological polar surface area (TPSA) is 12.0 Å². The zero-order valence-corrected chi connectivity index (χ0v) is 8.83. The molecule has 68 valence electrons. The van der Waals surface area contributed by atoms with E-state index in [2.05, 4.69) is 11.9 Å². The number of hydrogen-bond acceptors (Lipinski definition) is 2. The third-order valence-electron chi connectivity index (χ3n) is 1.34. The summed E-state index contributed by atoms with van der Waals surface area (Å²) in [4.78, 5) is 1.16. The highest BCUT2D eigenvalue weighted by Crippen LogP contribution is 2.17. The molecule has 1 rings (SSSR count). The van der Waals surface area contributed by atoms with Crippen LogP contribution in [0.25, 0.3) is 0 Å². The molecule has 0 aliphatic rings. The van der Waals surface area contributed by atoms with Gasteiger partial charge in [-0.1, -0.05) is 48.3 Å². The van der Waals surface area contributed by atoms with Crippen LogP contribution in [0.2, 0.25) is 0 Å². The summed E-state index contributed by atoms with van der Waals surface area (Å²) in [5.74, 6) is 0. The normalized spacial score (nSPS) is 9.23. The molecule has 1 nitrogen and oxygen atoms in total. The molecule has 0 unspecified atom stereocenters. The Balaban J connectivity index is 2.41. The monoisotopic (exact) mass is 209 g/mol. The second kappa shape index (κ2) is 5.78. The Labute approximate surface area is 88.2 Å². The summed E-state index contributed by atoms with van der Waals surface area (Å²) >= 11 is 6.66. The second-order valence-corrected chi connectivity index (χ2v) is 4.12. The van der Waals surface area contributed by atoms with Gasteiger partial charge in [0.25, 0.3) is 0 Å². The maximum Gasteiger partial charge on any atom is 0.138 e. The number of hydrogen-bond donors (Lipinski definition) is 1. The van der Waals surface area contributed by atoms with Crippen molar-refractivity contribution in [3.8, 4) is 0 Å². The molecule has 13 heavy (non-hydrogen) atoms. The van der Waals surface area contributed by atoms with Crippen molar-refractivity contribution in [2.45, 2.75) is 4.90 Å². The fourth-order valence-electron chi connectivity index (χ4n) is 0.787. The second-order valence-electron chi connectivity index (χ2n) is 2.37. The van der Waals surface area contributed by atoms with Gasteiger partial charge in [0.05, 0.1) is 0 Å². The lowest BCUT2D eigenvalue weighted by Gasteiger charge is -2.03. The molecule has 1 N–H and O–H groups in total. The first-order valence-electron chi connectivity index (χ1n) is 3.94. The fraction of sp³-hybridized carbons (Fsp3) is 0.100. The number of thioether (sulfide) groups is 1. The van der Waals surface area contributed by atoms with Crippen molar-refractivity contribution in [1.82, 2.24) is 5.32 Å². The summed E-state index contributed by atoms with van der Waals surface area (Å²) in [7, 11) is 0. The van der Waals surface area contributed by atoms with E-state index in [9.17, 15) is 0 Å². The lowest BCUT2D eigenvalue weighted by molar-refractivity contribution is 1.08. The largest absolute Gasteiger partial charge is 0.367 e. The van der Waals surface area contributed by atoms with Crippen LogP contribution in [0.5, 0.6) is 0 Å². The average molecular weight is 209 g/mol. The van der Waals surface area contributed by atoms with Crippen molar-refractivity contribution in [3.05, 3.63) is 43.0 Å². The van der Waals surface area contributed by atoms with E-state index < -0.39 is 0 Å². The van der Waals surface area contributed by atoms with Gasteiger partial charge in [-0.05, 0) is 12.1 Å². The summed E-state index contributed by atoms with van der Waals surface area (Å²) < 4.78 is 0.783. The lowest BCUT2D eigenvalue weighted by atomic mass is 10.4. The quantitative estimate of drug-likeness (QED) is 0.467. The van der Waals surface area contributed by atoms with Gasteiger partial charge in [-0.3, -0.25) is 0 Å². The van der Waals surface area contributed by atoms with Gasteiger partial charge in [-0.15, -0.1) is 6.58 Å². The van der Waals surface area contributed by atoms with Gasteiger partial charge in [-0.25, -0.2) is 0 Å². The van der Waals surface area contributed by atoms with Crippen molar-refractivity contribution in [2.75, 3.05) is 6.54 Å². The minimum Gasteiger partial charge on any atom is -0.367 e. The molecular weight excluding hydrogens is 198 g/mol. The van der Waals surface area contributed by atoms with E-state index in [1.807, 2.05) is 30.3 Å². The van der Waals surface area contributed by atoms with Gasteiger partial charge >= 0.3 is 0 Å². The average Bonchev–Trinajstić information content (AvgIpc) is 2.16.